The molecule has 0 aliphatic heterocycles. The number of carbonyl (C=O) groups is 1. The van der Waals surface area contributed by atoms with Gasteiger partial charge in [0.05, 0.1) is 13.4 Å². The van der Waals surface area contributed by atoms with Gasteiger partial charge < -0.3 is 10.1 Å². The minimum absolute atomic E-state index is 0.106. The number of carbonyl (C=O) groups excluding carboxylic acids is 1. The van der Waals surface area contributed by atoms with Gasteiger partial charge in [0.2, 0.25) is 15.9 Å². The quantitative estimate of drug-likeness (QED) is 0.793. The smallest absolute Gasteiger partial charge is 0.225 e. The number of sulfonamides is 1. The van der Waals surface area contributed by atoms with E-state index >= 15 is 0 Å². The van der Waals surface area contributed by atoms with E-state index in [9.17, 15) is 13.2 Å². The second kappa shape index (κ2) is 8.14. The van der Waals surface area contributed by atoms with Crippen molar-refractivity contribution in [1.29, 1.82) is 0 Å². The number of methoxy groups -OCH3 is 1. The Balaban J connectivity index is 2.64. The standard InChI is InChI=1S/C15H24N2O4S/c1-5-12(2)17(22(4,19)20)10-9-15(18)16-13-7-6-8-14(11-13)21-3/h6-8,11-12H,5,9-10H2,1-4H3,(H,16,18). The number of nitrogens with one attached hydrogen (secondary N) is 1. The van der Waals surface area contributed by atoms with Crippen molar-refractivity contribution in [3.8, 4) is 5.75 Å². The second-order valence-electron chi connectivity index (χ2n) is 5.16. The number of anilines is 1. The zero-order valence-electron chi connectivity index (χ0n) is 13.5. The van der Waals surface area contributed by atoms with Crippen LogP contribution in [0.3, 0.4) is 0 Å². The van der Waals surface area contributed by atoms with E-state index in [2.05, 4.69) is 5.32 Å². The van der Waals surface area contributed by atoms with Crippen LogP contribution in [0.4, 0.5) is 5.69 Å². The summed E-state index contributed by atoms with van der Waals surface area (Å²) in [5, 5.41) is 2.74. The van der Waals surface area contributed by atoms with Crippen LogP contribution < -0.4 is 10.1 Å². The monoisotopic (exact) mass is 328 g/mol. The van der Waals surface area contributed by atoms with Crippen LogP contribution in [-0.2, 0) is 14.8 Å². The van der Waals surface area contributed by atoms with E-state index in [1.165, 1.54) is 10.6 Å². The van der Waals surface area contributed by atoms with Gasteiger partial charge in [-0.05, 0) is 25.5 Å². The number of amides is 1. The van der Waals surface area contributed by atoms with Crippen molar-refractivity contribution < 1.29 is 17.9 Å². The molecular formula is C15H24N2O4S. The average molecular weight is 328 g/mol. The van der Waals surface area contributed by atoms with Crippen LogP contribution in [0.15, 0.2) is 24.3 Å². The fourth-order valence-electron chi connectivity index (χ4n) is 2.05. The largest absolute Gasteiger partial charge is 0.497 e. The Morgan fingerprint density at radius 2 is 2.09 bits per heavy atom. The highest BCUT2D eigenvalue weighted by atomic mass is 32.2. The van der Waals surface area contributed by atoms with Crippen LogP contribution in [-0.4, -0.2) is 44.6 Å². The molecule has 0 aromatic heterocycles. The Labute approximate surface area is 132 Å². The van der Waals surface area contributed by atoms with Gasteiger partial charge in [-0.3, -0.25) is 4.79 Å². The summed E-state index contributed by atoms with van der Waals surface area (Å²) in [5.41, 5.74) is 0.624. The molecule has 0 fully saturated rings. The Bertz CT molecular complexity index is 601. The lowest BCUT2D eigenvalue weighted by atomic mass is 10.2. The van der Waals surface area contributed by atoms with E-state index in [0.29, 0.717) is 17.9 Å². The number of hydrogen-bond acceptors (Lipinski definition) is 4. The van der Waals surface area contributed by atoms with Crippen molar-refractivity contribution >= 4 is 21.6 Å². The molecule has 0 aliphatic carbocycles. The third-order valence-corrected chi connectivity index (χ3v) is 4.82. The SMILES string of the molecule is CCC(C)N(CCC(=O)Nc1cccc(OC)c1)S(C)(=O)=O. The summed E-state index contributed by atoms with van der Waals surface area (Å²) in [4.78, 5) is 12.0. The highest BCUT2D eigenvalue weighted by molar-refractivity contribution is 7.88. The Hall–Kier alpha value is -1.60. The van der Waals surface area contributed by atoms with E-state index in [4.69, 9.17) is 4.74 Å². The first kappa shape index (κ1) is 18.4. The third kappa shape index (κ3) is 5.65. The van der Waals surface area contributed by atoms with Gasteiger partial charge in [-0.1, -0.05) is 13.0 Å². The highest BCUT2D eigenvalue weighted by Gasteiger charge is 2.22. The van der Waals surface area contributed by atoms with Gasteiger partial charge in [-0.25, -0.2) is 8.42 Å². The van der Waals surface area contributed by atoms with Crippen LogP contribution >= 0.6 is 0 Å². The summed E-state index contributed by atoms with van der Waals surface area (Å²) in [6.45, 7) is 3.92. The molecule has 0 saturated carbocycles. The molecule has 1 unspecified atom stereocenters. The highest BCUT2D eigenvalue weighted by Crippen LogP contribution is 2.17. The molecule has 0 heterocycles. The van der Waals surface area contributed by atoms with Crippen LogP contribution in [0.1, 0.15) is 26.7 Å². The summed E-state index contributed by atoms with van der Waals surface area (Å²) in [6.07, 6.45) is 1.97. The van der Waals surface area contributed by atoms with Gasteiger partial charge in [0.25, 0.3) is 0 Å². The molecule has 0 radical (unpaired) electrons. The molecule has 0 bridgehead atoms. The predicted molar refractivity (Wildman–Crippen MR) is 87.5 cm³/mol. The summed E-state index contributed by atoms with van der Waals surface area (Å²) in [5.74, 6) is 0.417. The molecule has 7 heteroatoms. The fourth-order valence-corrected chi connectivity index (χ4v) is 3.28. The van der Waals surface area contributed by atoms with Gasteiger partial charge in [-0.15, -0.1) is 0 Å². The zero-order valence-corrected chi connectivity index (χ0v) is 14.3. The molecule has 1 amide bonds. The molecule has 124 valence electrons. The van der Waals surface area contributed by atoms with Crippen LogP contribution in [0.5, 0.6) is 5.75 Å². The van der Waals surface area contributed by atoms with Gasteiger partial charge in [0.1, 0.15) is 5.75 Å². The molecule has 0 spiro atoms. The van der Waals surface area contributed by atoms with Gasteiger partial charge >= 0.3 is 0 Å². The second-order valence-corrected chi connectivity index (χ2v) is 7.10. The minimum Gasteiger partial charge on any atom is -0.497 e. The lowest BCUT2D eigenvalue weighted by Crippen LogP contribution is -2.39. The van der Waals surface area contributed by atoms with Crippen LogP contribution in [0, 0.1) is 0 Å². The zero-order chi connectivity index (χ0) is 16.8. The maximum absolute atomic E-state index is 12.0. The average Bonchev–Trinajstić information content (AvgIpc) is 2.45. The van der Waals surface area contributed by atoms with Crippen molar-refractivity contribution in [2.75, 3.05) is 25.2 Å². The molecule has 0 saturated heterocycles. The van der Waals surface area contributed by atoms with E-state index in [1.54, 1.807) is 31.4 Å². The molecule has 1 N–H and O–H groups in total. The normalized spacial score (nSPS) is 13.0. The van der Waals surface area contributed by atoms with Crippen molar-refractivity contribution in [2.24, 2.45) is 0 Å². The first-order valence-corrected chi connectivity index (χ1v) is 9.03. The molecule has 1 atom stereocenters. The molecule has 1 aromatic carbocycles. The minimum atomic E-state index is -3.32. The van der Waals surface area contributed by atoms with E-state index in [1.807, 2.05) is 13.8 Å². The van der Waals surface area contributed by atoms with Crippen molar-refractivity contribution in [1.82, 2.24) is 4.31 Å². The summed E-state index contributed by atoms with van der Waals surface area (Å²) >= 11 is 0. The van der Waals surface area contributed by atoms with Gasteiger partial charge in [0.15, 0.2) is 0 Å². The van der Waals surface area contributed by atoms with E-state index < -0.39 is 10.0 Å². The number of benzene rings is 1. The molecule has 0 aliphatic rings. The van der Waals surface area contributed by atoms with Crippen molar-refractivity contribution in [3.63, 3.8) is 0 Å². The van der Waals surface area contributed by atoms with Gasteiger partial charge in [-0.2, -0.15) is 4.31 Å². The predicted octanol–water partition coefficient (Wildman–Crippen LogP) is 2.08. The first-order valence-electron chi connectivity index (χ1n) is 7.18. The van der Waals surface area contributed by atoms with Gasteiger partial charge in [0, 0.05) is 30.8 Å². The molecule has 1 aromatic rings. The Morgan fingerprint density at radius 1 is 1.41 bits per heavy atom. The molecule has 22 heavy (non-hydrogen) atoms. The first-order chi connectivity index (χ1) is 10.3. The topological polar surface area (TPSA) is 75.7 Å². The molecular weight excluding hydrogens is 304 g/mol. The number of ether oxygens (including phenoxy) is 1. The van der Waals surface area contributed by atoms with E-state index in [-0.39, 0.29) is 24.9 Å². The third-order valence-electron chi connectivity index (χ3n) is 3.42. The van der Waals surface area contributed by atoms with E-state index in [0.717, 1.165) is 0 Å². The van der Waals surface area contributed by atoms with Crippen LogP contribution in [0.2, 0.25) is 0 Å². The number of nitrogens with zero attached hydrogens (tertiary/aromatic N) is 1. The number of rotatable bonds is 8. The maximum Gasteiger partial charge on any atom is 0.225 e. The molecule has 6 nitrogen and oxygen atoms in total. The molecule has 1 rings (SSSR count). The van der Waals surface area contributed by atoms with Crippen LogP contribution in [0.25, 0.3) is 0 Å². The summed E-state index contributed by atoms with van der Waals surface area (Å²) in [7, 11) is -1.77. The number of hydrogen-bond donors (Lipinski definition) is 1. The Kier molecular flexibility index (Phi) is 6.83. The fraction of sp³-hybridized carbons (Fsp3) is 0.533. The summed E-state index contributed by atoms with van der Waals surface area (Å²) < 4.78 is 30.0. The lowest BCUT2D eigenvalue weighted by Gasteiger charge is -2.25. The maximum atomic E-state index is 12.0. The Morgan fingerprint density at radius 3 is 2.64 bits per heavy atom. The lowest BCUT2D eigenvalue weighted by molar-refractivity contribution is -0.116. The van der Waals surface area contributed by atoms with Crippen molar-refractivity contribution in [3.05, 3.63) is 24.3 Å². The van der Waals surface area contributed by atoms with Crippen molar-refractivity contribution in [2.45, 2.75) is 32.7 Å². The summed E-state index contributed by atoms with van der Waals surface area (Å²) in [6, 6.07) is 6.89.